The normalized spacial score (nSPS) is 18.4. The molecule has 0 aromatic heterocycles. The van der Waals surface area contributed by atoms with Crippen molar-refractivity contribution in [2.45, 2.75) is 61.8 Å². The van der Waals surface area contributed by atoms with Crippen LogP contribution in [0.5, 0.6) is 0 Å². The summed E-state index contributed by atoms with van der Waals surface area (Å²) in [5.74, 6) is 0.432. The van der Waals surface area contributed by atoms with Gasteiger partial charge in [-0.15, -0.1) is 0 Å². The topological polar surface area (TPSA) is 185 Å². The van der Waals surface area contributed by atoms with E-state index in [-0.39, 0.29) is 74.5 Å². The molecule has 2 heterocycles. The van der Waals surface area contributed by atoms with Crippen molar-refractivity contribution in [2.24, 2.45) is 0 Å². The standard InChI is InChI=1S/C37H50N6O8S/c44-32(13-6-5-12-31-35-30(24-52-31)42-36(47)43-35)40-18-19-49-20-21-50-23-34(46)39-16-7-15-38-33(45)14-17-41-37(48)51-22-29-27-10-3-1-8-25(27)26-9-2-4-11-28(26)29/h1-4,8-11,29-31,35H,5-7,12-24H2,(H,38,45)(H,39,46)(H,40,44)(H,41,48)(H2,42,43,47)/t30-,31-,35-/m0/s1. The minimum Gasteiger partial charge on any atom is -0.449 e. The monoisotopic (exact) mass is 738 g/mol. The van der Waals surface area contributed by atoms with Gasteiger partial charge >= 0.3 is 12.1 Å². The van der Waals surface area contributed by atoms with Crippen molar-refractivity contribution in [2.75, 3.05) is 65.0 Å². The van der Waals surface area contributed by atoms with Crippen molar-refractivity contribution in [3.63, 3.8) is 0 Å². The Morgan fingerprint density at radius 3 is 2.15 bits per heavy atom. The second-order valence-electron chi connectivity index (χ2n) is 12.9. The summed E-state index contributed by atoms with van der Waals surface area (Å²) in [6.45, 7) is 2.34. The number of carbonyl (C=O) groups excluding carboxylic acids is 5. The number of alkyl carbamates (subject to hydrolysis) is 1. The second-order valence-corrected chi connectivity index (χ2v) is 14.2. The molecule has 3 aliphatic rings. The van der Waals surface area contributed by atoms with Gasteiger partial charge in [0, 0.05) is 55.9 Å². The van der Waals surface area contributed by atoms with Crippen LogP contribution in [-0.2, 0) is 28.6 Å². The first-order chi connectivity index (χ1) is 25.4. The smallest absolute Gasteiger partial charge is 0.407 e. The number of rotatable bonds is 22. The molecule has 6 amide bonds. The van der Waals surface area contributed by atoms with E-state index >= 15 is 0 Å². The lowest BCUT2D eigenvalue weighted by molar-refractivity contribution is -0.126. The van der Waals surface area contributed by atoms with Gasteiger partial charge in [0.25, 0.3) is 0 Å². The summed E-state index contributed by atoms with van der Waals surface area (Å²) in [5, 5.41) is 17.3. The van der Waals surface area contributed by atoms with Gasteiger partial charge in [0.05, 0.1) is 31.9 Å². The van der Waals surface area contributed by atoms with Gasteiger partial charge in [0.15, 0.2) is 0 Å². The Balaban J connectivity index is 0.776. The SMILES string of the molecule is O=C(CCCC[C@@H]1SC[C@@H]2NC(=O)N[C@@H]21)NCCOCCOCC(=O)NCCCNC(=O)CCNC(=O)OCC1c2ccccc2-c2ccccc21. The summed E-state index contributed by atoms with van der Waals surface area (Å²) < 4.78 is 16.3. The van der Waals surface area contributed by atoms with E-state index in [2.05, 4.69) is 56.2 Å². The molecule has 14 nitrogen and oxygen atoms in total. The fourth-order valence-corrected chi connectivity index (χ4v) is 8.16. The van der Waals surface area contributed by atoms with Crippen molar-refractivity contribution in [1.29, 1.82) is 0 Å². The van der Waals surface area contributed by atoms with Crippen molar-refractivity contribution in [3.05, 3.63) is 59.7 Å². The van der Waals surface area contributed by atoms with Gasteiger partial charge in [-0.1, -0.05) is 55.0 Å². The predicted molar refractivity (Wildman–Crippen MR) is 197 cm³/mol. The molecule has 2 aromatic rings. The first-order valence-corrected chi connectivity index (χ1v) is 19.2. The number of benzene rings is 2. The first kappa shape index (κ1) is 38.9. The van der Waals surface area contributed by atoms with Crippen molar-refractivity contribution < 1.29 is 38.2 Å². The van der Waals surface area contributed by atoms with Gasteiger partial charge in [-0.3, -0.25) is 14.4 Å². The fourth-order valence-electron chi connectivity index (χ4n) is 6.62. The lowest BCUT2D eigenvalue weighted by Crippen LogP contribution is -2.36. The minimum atomic E-state index is -0.564. The van der Waals surface area contributed by atoms with Crippen molar-refractivity contribution in [3.8, 4) is 11.1 Å². The van der Waals surface area contributed by atoms with Gasteiger partial charge in [-0.05, 0) is 41.5 Å². The third-order valence-corrected chi connectivity index (χ3v) is 10.7. The molecule has 2 aliphatic heterocycles. The Kier molecular flexibility index (Phi) is 15.4. The zero-order valence-corrected chi connectivity index (χ0v) is 30.2. The largest absolute Gasteiger partial charge is 0.449 e. The van der Waals surface area contributed by atoms with Crippen LogP contribution in [-0.4, -0.2) is 112 Å². The Hall–Kier alpha value is -4.34. The first-order valence-electron chi connectivity index (χ1n) is 18.1. The van der Waals surface area contributed by atoms with Gasteiger partial charge in [0.1, 0.15) is 13.2 Å². The number of thioether (sulfide) groups is 1. The van der Waals surface area contributed by atoms with Gasteiger partial charge in [0.2, 0.25) is 17.7 Å². The molecular formula is C37H50N6O8S. The highest BCUT2D eigenvalue weighted by molar-refractivity contribution is 8.00. The maximum atomic E-state index is 12.3. The van der Waals surface area contributed by atoms with E-state index in [0.29, 0.717) is 50.9 Å². The molecule has 2 aromatic carbocycles. The van der Waals surface area contributed by atoms with Crippen LogP contribution < -0.4 is 31.9 Å². The quantitative estimate of drug-likeness (QED) is 0.0780. The molecule has 6 N–H and O–H groups in total. The Bertz CT molecular complexity index is 1480. The number of hydrogen-bond acceptors (Lipinski definition) is 9. The average Bonchev–Trinajstić information content (AvgIpc) is 3.80. The van der Waals surface area contributed by atoms with Crippen LogP contribution in [0.25, 0.3) is 11.1 Å². The fraction of sp³-hybridized carbons (Fsp3) is 0.541. The van der Waals surface area contributed by atoms with Crippen LogP contribution in [0.4, 0.5) is 9.59 Å². The van der Waals surface area contributed by atoms with Crippen LogP contribution in [0, 0.1) is 0 Å². The van der Waals surface area contributed by atoms with E-state index in [0.717, 1.165) is 47.3 Å². The molecule has 0 saturated carbocycles. The number of urea groups is 1. The maximum Gasteiger partial charge on any atom is 0.407 e. The lowest BCUT2D eigenvalue weighted by Gasteiger charge is -2.16. The molecule has 0 radical (unpaired) electrons. The number of fused-ring (bicyclic) bond motifs is 4. The van der Waals surface area contributed by atoms with E-state index in [9.17, 15) is 24.0 Å². The van der Waals surface area contributed by atoms with Crippen LogP contribution in [0.3, 0.4) is 0 Å². The molecule has 52 heavy (non-hydrogen) atoms. The summed E-state index contributed by atoms with van der Waals surface area (Å²) in [6.07, 6.45) is 3.28. The van der Waals surface area contributed by atoms with Crippen molar-refractivity contribution in [1.82, 2.24) is 31.9 Å². The molecule has 15 heteroatoms. The number of ether oxygens (including phenoxy) is 3. The molecule has 2 fully saturated rings. The highest BCUT2D eigenvalue weighted by atomic mass is 32.2. The number of unbranched alkanes of at least 4 members (excludes halogenated alkanes) is 1. The van der Waals surface area contributed by atoms with E-state index in [4.69, 9.17) is 14.2 Å². The third kappa shape index (κ3) is 11.9. The van der Waals surface area contributed by atoms with E-state index < -0.39 is 6.09 Å². The van der Waals surface area contributed by atoms with Crippen LogP contribution in [0.1, 0.15) is 55.6 Å². The molecule has 0 spiro atoms. The van der Waals surface area contributed by atoms with Crippen LogP contribution in [0.2, 0.25) is 0 Å². The summed E-state index contributed by atoms with van der Waals surface area (Å²) in [6, 6.07) is 16.6. The molecule has 282 valence electrons. The molecule has 3 atom stereocenters. The summed E-state index contributed by atoms with van der Waals surface area (Å²) >= 11 is 1.88. The molecule has 2 saturated heterocycles. The number of amides is 6. The zero-order chi connectivity index (χ0) is 36.5. The molecule has 0 bridgehead atoms. The Morgan fingerprint density at radius 1 is 0.712 bits per heavy atom. The highest BCUT2D eigenvalue weighted by Gasteiger charge is 2.42. The van der Waals surface area contributed by atoms with Gasteiger partial charge in [-0.2, -0.15) is 11.8 Å². The number of nitrogens with one attached hydrogen (secondary N) is 6. The Labute approximate surface area is 308 Å². The molecule has 1 aliphatic carbocycles. The van der Waals surface area contributed by atoms with Crippen molar-refractivity contribution >= 4 is 41.6 Å². The van der Waals surface area contributed by atoms with Gasteiger partial charge < -0.3 is 46.1 Å². The number of carbonyl (C=O) groups is 5. The van der Waals surface area contributed by atoms with Crippen LogP contribution >= 0.6 is 11.8 Å². The molecule has 5 rings (SSSR count). The van der Waals surface area contributed by atoms with Crippen LogP contribution in [0.15, 0.2) is 48.5 Å². The summed E-state index contributed by atoms with van der Waals surface area (Å²) in [7, 11) is 0. The summed E-state index contributed by atoms with van der Waals surface area (Å²) in [4.78, 5) is 59.9. The average molecular weight is 739 g/mol. The van der Waals surface area contributed by atoms with Gasteiger partial charge in [-0.25, -0.2) is 9.59 Å². The molecular weight excluding hydrogens is 689 g/mol. The van der Waals surface area contributed by atoms with E-state index in [1.165, 1.54) is 0 Å². The zero-order valence-electron chi connectivity index (χ0n) is 29.4. The minimum absolute atomic E-state index is 0.00743. The van der Waals surface area contributed by atoms with E-state index in [1.807, 2.05) is 36.0 Å². The van der Waals surface area contributed by atoms with E-state index in [1.54, 1.807) is 0 Å². The predicted octanol–water partition coefficient (Wildman–Crippen LogP) is 2.41. The maximum absolute atomic E-state index is 12.3. The second kappa shape index (κ2) is 20.6. The number of hydrogen-bond donors (Lipinski definition) is 6. The lowest BCUT2D eigenvalue weighted by atomic mass is 9.98. The highest BCUT2D eigenvalue weighted by Crippen LogP contribution is 2.44. The summed E-state index contributed by atoms with van der Waals surface area (Å²) in [5.41, 5.74) is 4.59. The molecule has 0 unspecified atom stereocenters. The Morgan fingerprint density at radius 2 is 1.38 bits per heavy atom. The third-order valence-electron chi connectivity index (χ3n) is 9.22.